The third-order valence-electron chi connectivity index (χ3n) is 4.24. The normalized spacial score (nSPS) is 21.4. The summed E-state index contributed by atoms with van der Waals surface area (Å²) >= 11 is 0. The van der Waals surface area contributed by atoms with Gasteiger partial charge in [-0.05, 0) is 44.5 Å². The van der Waals surface area contributed by atoms with Crippen molar-refractivity contribution in [2.24, 2.45) is 5.73 Å². The number of hydrogen-bond donors (Lipinski definition) is 1. The lowest BCUT2D eigenvalue weighted by Gasteiger charge is -2.28. The van der Waals surface area contributed by atoms with E-state index in [0.29, 0.717) is 25.1 Å². The molecule has 0 aromatic heterocycles. The molecular formula is C16H22N4O3S. The van der Waals surface area contributed by atoms with Crippen LogP contribution in [0.3, 0.4) is 0 Å². The van der Waals surface area contributed by atoms with E-state index >= 15 is 0 Å². The van der Waals surface area contributed by atoms with Gasteiger partial charge in [0.1, 0.15) is 6.04 Å². The number of nitriles is 1. The predicted molar refractivity (Wildman–Crippen MR) is 89.4 cm³/mol. The van der Waals surface area contributed by atoms with Gasteiger partial charge in [-0.15, -0.1) is 0 Å². The monoisotopic (exact) mass is 350 g/mol. The summed E-state index contributed by atoms with van der Waals surface area (Å²) in [5.74, 6) is -0.217. The number of hydrogen-bond acceptors (Lipinski definition) is 5. The second-order valence-electron chi connectivity index (χ2n) is 5.73. The van der Waals surface area contributed by atoms with Crippen LogP contribution in [-0.2, 0) is 14.8 Å². The second kappa shape index (κ2) is 7.30. The van der Waals surface area contributed by atoms with Crippen molar-refractivity contribution in [3.05, 3.63) is 29.8 Å². The van der Waals surface area contributed by atoms with Crippen molar-refractivity contribution in [2.75, 3.05) is 19.6 Å². The van der Waals surface area contributed by atoms with Crippen molar-refractivity contribution in [1.29, 1.82) is 5.26 Å². The third kappa shape index (κ3) is 3.43. The van der Waals surface area contributed by atoms with Crippen LogP contribution in [0.4, 0.5) is 0 Å². The number of amides is 1. The molecule has 1 aromatic carbocycles. The van der Waals surface area contributed by atoms with E-state index in [1.807, 2.05) is 19.9 Å². The third-order valence-corrected chi connectivity index (χ3v) is 6.13. The van der Waals surface area contributed by atoms with Crippen LogP contribution in [0.5, 0.6) is 0 Å². The number of benzene rings is 1. The molecule has 2 atom stereocenters. The molecule has 1 aromatic rings. The highest BCUT2D eigenvalue weighted by molar-refractivity contribution is 7.89. The molecule has 2 rings (SSSR count). The predicted octanol–water partition coefficient (Wildman–Crippen LogP) is 0.517. The van der Waals surface area contributed by atoms with E-state index < -0.39 is 16.1 Å². The molecule has 1 aliphatic rings. The van der Waals surface area contributed by atoms with Crippen LogP contribution in [0.15, 0.2) is 29.2 Å². The molecule has 0 unspecified atom stereocenters. The zero-order valence-electron chi connectivity index (χ0n) is 13.8. The molecule has 0 radical (unpaired) electrons. The Kier molecular flexibility index (Phi) is 5.59. The molecule has 1 aliphatic heterocycles. The van der Waals surface area contributed by atoms with E-state index in [4.69, 9.17) is 11.0 Å². The summed E-state index contributed by atoms with van der Waals surface area (Å²) in [5.41, 5.74) is 6.31. The van der Waals surface area contributed by atoms with Crippen LogP contribution in [0.1, 0.15) is 25.8 Å². The molecule has 1 fully saturated rings. The van der Waals surface area contributed by atoms with Gasteiger partial charge >= 0.3 is 0 Å². The summed E-state index contributed by atoms with van der Waals surface area (Å²) in [6.07, 6.45) is 0.310. The first-order chi connectivity index (χ1) is 11.3. The zero-order chi connectivity index (χ0) is 17.9. The summed E-state index contributed by atoms with van der Waals surface area (Å²) in [7, 11) is -3.84. The van der Waals surface area contributed by atoms with Gasteiger partial charge in [-0.3, -0.25) is 4.79 Å². The van der Waals surface area contributed by atoms with Gasteiger partial charge in [0.25, 0.3) is 0 Å². The fourth-order valence-electron chi connectivity index (χ4n) is 2.91. The number of nitrogens with zero attached hydrogens (tertiary/aromatic N) is 3. The van der Waals surface area contributed by atoms with Crippen LogP contribution >= 0.6 is 0 Å². The van der Waals surface area contributed by atoms with Crippen molar-refractivity contribution in [3.8, 4) is 6.07 Å². The molecule has 2 N–H and O–H groups in total. The largest absolute Gasteiger partial charge is 0.342 e. The average Bonchev–Trinajstić information content (AvgIpc) is 2.98. The summed E-state index contributed by atoms with van der Waals surface area (Å²) in [4.78, 5) is 14.3. The molecule has 8 heteroatoms. The van der Waals surface area contributed by atoms with Gasteiger partial charge in [0.2, 0.25) is 15.9 Å². The molecule has 0 aliphatic carbocycles. The van der Waals surface area contributed by atoms with E-state index in [2.05, 4.69) is 0 Å². The highest BCUT2D eigenvalue weighted by Gasteiger charge is 2.43. The Morgan fingerprint density at radius 3 is 2.42 bits per heavy atom. The van der Waals surface area contributed by atoms with Crippen LogP contribution in [0.2, 0.25) is 0 Å². The summed E-state index contributed by atoms with van der Waals surface area (Å²) < 4.78 is 27.0. The number of rotatable bonds is 5. The first-order valence-corrected chi connectivity index (χ1v) is 9.35. The van der Waals surface area contributed by atoms with Gasteiger partial charge in [0.15, 0.2) is 0 Å². The minimum Gasteiger partial charge on any atom is -0.342 e. The number of nitrogens with two attached hydrogens (primary N) is 1. The number of sulfonamides is 1. The second-order valence-corrected chi connectivity index (χ2v) is 7.62. The van der Waals surface area contributed by atoms with Gasteiger partial charge in [0.05, 0.1) is 16.5 Å². The van der Waals surface area contributed by atoms with Crippen LogP contribution in [0, 0.1) is 11.3 Å². The van der Waals surface area contributed by atoms with Gasteiger partial charge < -0.3 is 10.6 Å². The smallest absolute Gasteiger partial charge is 0.243 e. The Balaban J connectivity index is 2.35. The van der Waals surface area contributed by atoms with E-state index in [1.54, 1.807) is 4.90 Å². The van der Waals surface area contributed by atoms with E-state index in [9.17, 15) is 13.2 Å². The minimum atomic E-state index is -3.84. The highest BCUT2D eigenvalue weighted by atomic mass is 32.2. The standard InChI is InChI=1S/C16H22N4O3S/c1-3-19(4-2)16(21)15-9-13(18)11-20(15)24(22,23)14-7-5-12(10-17)6-8-14/h5-8,13,15H,3-4,9,11,18H2,1-2H3/t13-,15-/m0/s1. The van der Waals surface area contributed by atoms with E-state index in [0.717, 1.165) is 0 Å². The van der Waals surface area contributed by atoms with Crippen molar-refractivity contribution >= 4 is 15.9 Å². The lowest BCUT2D eigenvalue weighted by molar-refractivity contribution is -0.134. The molecule has 1 amide bonds. The molecule has 0 spiro atoms. The molecule has 1 heterocycles. The van der Waals surface area contributed by atoms with Crippen LogP contribution < -0.4 is 5.73 Å². The van der Waals surface area contributed by atoms with Crippen molar-refractivity contribution in [3.63, 3.8) is 0 Å². The Morgan fingerprint density at radius 1 is 1.33 bits per heavy atom. The van der Waals surface area contributed by atoms with Gasteiger partial charge in [-0.2, -0.15) is 9.57 Å². The maximum absolute atomic E-state index is 12.9. The molecule has 1 saturated heterocycles. The average molecular weight is 350 g/mol. The SMILES string of the molecule is CCN(CC)C(=O)[C@@H]1C[C@H](N)CN1S(=O)(=O)c1ccc(C#N)cc1. The fraction of sp³-hybridized carbons (Fsp3) is 0.500. The Bertz CT molecular complexity index is 736. The lowest BCUT2D eigenvalue weighted by atomic mass is 10.1. The summed E-state index contributed by atoms with van der Waals surface area (Å²) in [6, 6.07) is 6.47. The van der Waals surface area contributed by atoms with Crippen LogP contribution in [0.25, 0.3) is 0 Å². The van der Waals surface area contributed by atoms with Gasteiger partial charge in [-0.25, -0.2) is 8.42 Å². The first-order valence-electron chi connectivity index (χ1n) is 7.91. The minimum absolute atomic E-state index is 0.0629. The van der Waals surface area contributed by atoms with E-state index in [-0.39, 0.29) is 23.4 Å². The summed E-state index contributed by atoms with van der Waals surface area (Å²) in [5, 5.41) is 8.83. The fourth-order valence-corrected chi connectivity index (χ4v) is 4.56. The summed E-state index contributed by atoms with van der Waals surface area (Å²) in [6.45, 7) is 4.86. The zero-order valence-corrected chi connectivity index (χ0v) is 14.7. The maximum atomic E-state index is 12.9. The molecule has 7 nitrogen and oxygen atoms in total. The van der Waals surface area contributed by atoms with Crippen molar-refractivity contribution < 1.29 is 13.2 Å². The Labute approximate surface area is 142 Å². The molecular weight excluding hydrogens is 328 g/mol. The van der Waals surface area contributed by atoms with Crippen LogP contribution in [-0.4, -0.2) is 55.2 Å². The Morgan fingerprint density at radius 2 is 1.92 bits per heavy atom. The molecule has 0 bridgehead atoms. The molecule has 0 saturated carbocycles. The van der Waals surface area contributed by atoms with Crippen molar-refractivity contribution in [1.82, 2.24) is 9.21 Å². The molecule has 24 heavy (non-hydrogen) atoms. The number of likely N-dealkylation sites (N-methyl/N-ethyl adjacent to an activating group) is 1. The topological polar surface area (TPSA) is 108 Å². The van der Waals surface area contributed by atoms with Crippen molar-refractivity contribution in [2.45, 2.75) is 37.2 Å². The lowest BCUT2D eigenvalue weighted by Crippen LogP contribution is -2.47. The highest BCUT2D eigenvalue weighted by Crippen LogP contribution is 2.27. The molecule has 130 valence electrons. The van der Waals surface area contributed by atoms with Gasteiger partial charge in [-0.1, -0.05) is 0 Å². The number of carbonyl (C=O) groups excluding carboxylic acids is 1. The quantitative estimate of drug-likeness (QED) is 0.833. The van der Waals surface area contributed by atoms with Gasteiger partial charge in [0, 0.05) is 25.7 Å². The Hall–Kier alpha value is -1.95. The number of carbonyl (C=O) groups is 1. The maximum Gasteiger partial charge on any atom is 0.243 e. The van der Waals surface area contributed by atoms with E-state index in [1.165, 1.54) is 28.6 Å². The first kappa shape index (κ1) is 18.4.